The number of nitrogens with one attached hydrogen (secondary N) is 1. The number of aryl methyl sites for hydroxylation is 1. The molecule has 23 heavy (non-hydrogen) atoms. The lowest BCUT2D eigenvalue weighted by Crippen LogP contribution is -2.08. The Labute approximate surface area is 134 Å². The van der Waals surface area contributed by atoms with Crippen LogP contribution >= 0.6 is 0 Å². The van der Waals surface area contributed by atoms with Crippen LogP contribution in [-0.2, 0) is 0 Å². The summed E-state index contributed by atoms with van der Waals surface area (Å²) < 4.78 is 2.04. The zero-order chi connectivity index (χ0) is 16.2. The zero-order valence-corrected chi connectivity index (χ0v) is 12.9. The van der Waals surface area contributed by atoms with E-state index in [9.17, 15) is 0 Å². The molecule has 114 valence electrons. The minimum Gasteiger partial charge on any atom is -0.362 e. The van der Waals surface area contributed by atoms with E-state index in [2.05, 4.69) is 51.5 Å². The van der Waals surface area contributed by atoms with Crippen LogP contribution in [0.15, 0.2) is 49.1 Å². The highest BCUT2D eigenvalue weighted by atomic mass is 15.1. The molecule has 6 nitrogen and oxygen atoms in total. The summed E-state index contributed by atoms with van der Waals surface area (Å²) in [5.41, 5.74) is 2.52. The third-order valence-electron chi connectivity index (χ3n) is 3.63. The fourth-order valence-corrected chi connectivity index (χ4v) is 2.34. The van der Waals surface area contributed by atoms with Crippen LogP contribution < -0.4 is 5.32 Å². The molecule has 0 aliphatic carbocycles. The average molecular weight is 304 g/mol. The predicted octanol–water partition coefficient (Wildman–Crippen LogP) is 3.02. The maximum atomic E-state index is 8.73. The van der Waals surface area contributed by atoms with E-state index >= 15 is 0 Å². The molecule has 0 amide bonds. The van der Waals surface area contributed by atoms with Crippen molar-refractivity contribution in [2.45, 2.75) is 19.9 Å². The number of benzene rings is 1. The first-order chi connectivity index (χ1) is 11.2. The molecule has 1 aromatic carbocycles. The second-order valence-corrected chi connectivity index (χ2v) is 5.20. The lowest BCUT2D eigenvalue weighted by molar-refractivity contribution is 0.868. The molecule has 1 N–H and O–H groups in total. The molecule has 0 saturated heterocycles. The Hall–Kier alpha value is -3.20. The van der Waals surface area contributed by atoms with Gasteiger partial charge in [0.1, 0.15) is 17.7 Å². The average Bonchev–Trinajstić information content (AvgIpc) is 3.02. The molecule has 0 bridgehead atoms. The second-order valence-electron chi connectivity index (χ2n) is 5.20. The molecule has 0 spiro atoms. The van der Waals surface area contributed by atoms with Crippen molar-refractivity contribution < 1.29 is 0 Å². The molecule has 3 rings (SSSR count). The molecule has 3 aromatic rings. The molecule has 6 heteroatoms. The van der Waals surface area contributed by atoms with Crippen LogP contribution in [0.25, 0.3) is 5.69 Å². The van der Waals surface area contributed by atoms with E-state index in [1.807, 2.05) is 23.8 Å². The van der Waals surface area contributed by atoms with Gasteiger partial charge in [0, 0.05) is 24.1 Å². The minimum absolute atomic E-state index is 0.0789. The van der Waals surface area contributed by atoms with E-state index in [1.54, 1.807) is 12.4 Å². The van der Waals surface area contributed by atoms with Crippen LogP contribution in [0.4, 0.5) is 5.82 Å². The van der Waals surface area contributed by atoms with Crippen LogP contribution in [0.3, 0.4) is 0 Å². The number of hydrogen-bond donors (Lipinski definition) is 1. The zero-order valence-electron chi connectivity index (χ0n) is 12.9. The van der Waals surface area contributed by atoms with Crippen LogP contribution in [0, 0.1) is 18.3 Å². The Bertz CT molecular complexity index is 827. The molecule has 0 aliphatic heterocycles. The van der Waals surface area contributed by atoms with Gasteiger partial charge in [-0.3, -0.25) is 0 Å². The van der Waals surface area contributed by atoms with E-state index < -0.39 is 0 Å². The summed E-state index contributed by atoms with van der Waals surface area (Å²) in [6.07, 6.45) is 6.76. The van der Waals surface area contributed by atoms with Gasteiger partial charge in [0.2, 0.25) is 0 Å². The maximum Gasteiger partial charge on any atom is 0.158 e. The van der Waals surface area contributed by atoms with Gasteiger partial charge in [-0.15, -0.1) is 0 Å². The van der Waals surface area contributed by atoms with Gasteiger partial charge in [-0.2, -0.15) is 5.26 Å². The highest BCUT2D eigenvalue weighted by molar-refractivity contribution is 5.41. The molecule has 0 aliphatic rings. The maximum absolute atomic E-state index is 8.73. The van der Waals surface area contributed by atoms with Crippen molar-refractivity contribution in [3.63, 3.8) is 0 Å². The minimum atomic E-state index is 0.0789. The van der Waals surface area contributed by atoms with Crippen molar-refractivity contribution in [3.05, 3.63) is 66.1 Å². The van der Waals surface area contributed by atoms with Crippen LogP contribution in [0.2, 0.25) is 0 Å². The summed E-state index contributed by atoms with van der Waals surface area (Å²) in [5.74, 6) is 1.60. The molecule has 1 atom stereocenters. The highest BCUT2D eigenvalue weighted by Crippen LogP contribution is 2.19. The van der Waals surface area contributed by atoms with E-state index in [-0.39, 0.29) is 6.04 Å². The predicted molar refractivity (Wildman–Crippen MR) is 87.1 cm³/mol. The molecule has 0 saturated carbocycles. The molecule has 2 heterocycles. The van der Waals surface area contributed by atoms with Gasteiger partial charge in [-0.25, -0.2) is 15.0 Å². The largest absolute Gasteiger partial charge is 0.362 e. The first kappa shape index (κ1) is 14.7. The van der Waals surface area contributed by atoms with Gasteiger partial charge in [-0.05, 0) is 31.5 Å². The smallest absolute Gasteiger partial charge is 0.158 e. The fraction of sp³-hybridized carbons (Fsp3) is 0.176. The topological polar surface area (TPSA) is 79.4 Å². The van der Waals surface area contributed by atoms with Crippen molar-refractivity contribution in [2.24, 2.45) is 0 Å². The molecule has 2 aromatic heterocycles. The van der Waals surface area contributed by atoms with Crippen molar-refractivity contribution in [2.75, 3.05) is 5.32 Å². The van der Waals surface area contributed by atoms with Gasteiger partial charge in [0.15, 0.2) is 5.69 Å². The lowest BCUT2D eigenvalue weighted by Gasteiger charge is -2.15. The molecular formula is C17H16N6. The summed E-state index contributed by atoms with van der Waals surface area (Å²) in [6, 6.07) is 10.3. The van der Waals surface area contributed by atoms with E-state index in [0.29, 0.717) is 11.5 Å². The summed E-state index contributed by atoms with van der Waals surface area (Å²) in [4.78, 5) is 12.4. The Morgan fingerprint density at radius 3 is 2.48 bits per heavy atom. The van der Waals surface area contributed by atoms with Gasteiger partial charge in [-0.1, -0.05) is 12.1 Å². The summed E-state index contributed by atoms with van der Waals surface area (Å²) in [6.45, 7) is 4.03. The van der Waals surface area contributed by atoms with Crippen molar-refractivity contribution in [1.82, 2.24) is 19.5 Å². The fourth-order valence-electron chi connectivity index (χ4n) is 2.34. The number of anilines is 1. The Kier molecular flexibility index (Phi) is 4.02. The van der Waals surface area contributed by atoms with Crippen LogP contribution in [0.5, 0.6) is 0 Å². The highest BCUT2D eigenvalue weighted by Gasteiger charge is 2.07. The Balaban J connectivity index is 1.73. The molecule has 0 fully saturated rings. The standard InChI is InChI=1S/C17H16N6/c1-12(22-17-11-20-15(9-18)10-21-17)14-3-5-16(6-4-14)23-8-7-19-13(23)2/h3-8,10-12H,1-2H3,(H,21,22). The third-order valence-corrected chi connectivity index (χ3v) is 3.63. The van der Waals surface area contributed by atoms with Crippen molar-refractivity contribution >= 4 is 5.82 Å². The van der Waals surface area contributed by atoms with Crippen molar-refractivity contribution in [3.8, 4) is 11.8 Å². The normalized spacial score (nSPS) is 11.7. The van der Waals surface area contributed by atoms with Crippen LogP contribution in [-0.4, -0.2) is 19.5 Å². The summed E-state index contributed by atoms with van der Waals surface area (Å²) >= 11 is 0. The monoisotopic (exact) mass is 304 g/mol. The second kappa shape index (κ2) is 6.28. The van der Waals surface area contributed by atoms with Gasteiger partial charge in [0.25, 0.3) is 0 Å². The Morgan fingerprint density at radius 1 is 1.13 bits per heavy atom. The molecule has 1 unspecified atom stereocenters. The third kappa shape index (κ3) is 3.19. The number of nitrogens with zero attached hydrogens (tertiary/aromatic N) is 5. The number of hydrogen-bond acceptors (Lipinski definition) is 5. The van der Waals surface area contributed by atoms with Crippen LogP contribution in [0.1, 0.15) is 30.0 Å². The SMILES string of the molecule is Cc1nccn1-c1ccc(C(C)Nc2cnc(C#N)cn2)cc1. The first-order valence-corrected chi connectivity index (χ1v) is 7.26. The van der Waals surface area contributed by atoms with E-state index in [4.69, 9.17) is 5.26 Å². The Morgan fingerprint density at radius 2 is 1.91 bits per heavy atom. The first-order valence-electron chi connectivity index (χ1n) is 7.26. The summed E-state index contributed by atoms with van der Waals surface area (Å²) in [5, 5.41) is 12.0. The van der Waals surface area contributed by atoms with Crippen molar-refractivity contribution in [1.29, 1.82) is 5.26 Å². The van der Waals surface area contributed by atoms with E-state index in [1.165, 1.54) is 6.20 Å². The van der Waals surface area contributed by atoms with Gasteiger partial charge in [0.05, 0.1) is 12.4 Å². The van der Waals surface area contributed by atoms with E-state index in [0.717, 1.165) is 17.1 Å². The van der Waals surface area contributed by atoms with Gasteiger partial charge < -0.3 is 9.88 Å². The number of aromatic nitrogens is 4. The number of imidazole rings is 1. The van der Waals surface area contributed by atoms with Gasteiger partial charge >= 0.3 is 0 Å². The lowest BCUT2D eigenvalue weighted by atomic mass is 10.1. The molecule has 0 radical (unpaired) electrons. The summed E-state index contributed by atoms with van der Waals surface area (Å²) in [7, 11) is 0. The molecular weight excluding hydrogens is 288 g/mol. The number of nitriles is 1. The number of rotatable bonds is 4. The quantitative estimate of drug-likeness (QED) is 0.801.